The highest BCUT2D eigenvalue weighted by Crippen LogP contribution is 2.48. The molecular weight excluding hydrogens is 366 g/mol. The van der Waals surface area contributed by atoms with Gasteiger partial charge in [-0.25, -0.2) is 0 Å². The molecule has 1 aliphatic heterocycles. The van der Waals surface area contributed by atoms with Crippen molar-refractivity contribution < 1.29 is 0 Å². The SMILES string of the molecule is CN/C(Cl)=C(/C)C(=N)N1C2=CC=C(c3ccccc3)CCC2c2ccccc21. The van der Waals surface area contributed by atoms with Gasteiger partial charge in [-0.1, -0.05) is 66.2 Å². The van der Waals surface area contributed by atoms with Crippen molar-refractivity contribution in [2.24, 2.45) is 0 Å². The lowest BCUT2D eigenvalue weighted by Gasteiger charge is -2.24. The van der Waals surface area contributed by atoms with Crippen LogP contribution in [0.1, 0.15) is 36.8 Å². The average Bonchev–Trinajstić information content (AvgIpc) is 2.90. The van der Waals surface area contributed by atoms with Crippen molar-refractivity contribution in [1.82, 2.24) is 5.32 Å². The molecule has 4 heteroatoms. The van der Waals surface area contributed by atoms with Crippen molar-refractivity contribution in [3.63, 3.8) is 0 Å². The Labute approximate surface area is 171 Å². The molecule has 1 heterocycles. The molecule has 0 radical (unpaired) electrons. The van der Waals surface area contributed by atoms with Crippen LogP contribution in [-0.4, -0.2) is 12.9 Å². The van der Waals surface area contributed by atoms with Crippen LogP contribution in [0.2, 0.25) is 0 Å². The zero-order chi connectivity index (χ0) is 19.7. The minimum absolute atomic E-state index is 0.287. The Hall–Kier alpha value is -2.78. The van der Waals surface area contributed by atoms with Crippen LogP contribution in [0.4, 0.5) is 5.69 Å². The van der Waals surface area contributed by atoms with Crippen molar-refractivity contribution in [2.45, 2.75) is 25.7 Å². The van der Waals surface area contributed by atoms with Gasteiger partial charge in [-0.2, -0.15) is 0 Å². The van der Waals surface area contributed by atoms with Crippen LogP contribution < -0.4 is 10.2 Å². The summed E-state index contributed by atoms with van der Waals surface area (Å²) in [5, 5.41) is 12.3. The maximum atomic E-state index is 8.85. The molecular formula is C24H24ClN3. The maximum absolute atomic E-state index is 8.85. The van der Waals surface area contributed by atoms with Crippen LogP contribution in [0.15, 0.2) is 83.2 Å². The van der Waals surface area contributed by atoms with Crippen molar-refractivity contribution in [3.8, 4) is 0 Å². The Kier molecular flexibility index (Phi) is 5.10. The first-order valence-electron chi connectivity index (χ1n) is 9.60. The lowest BCUT2D eigenvalue weighted by Crippen LogP contribution is -2.29. The van der Waals surface area contributed by atoms with E-state index in [9.17, 15) is 0 Å². The molecule has 3 nitrogen and oxygen atoms in total. The van der Waals surface area contributed by atoms with Gasteiger partial charge >= 0.3 is 0 Å². The fourth-order valence-electron chi connectivity index (χ4n) is 4.10. The number of nitrogens with one attached hydrogen (secondary N) is 2. The molecule has 2 aliphatic rings. The number of anilines is 1. The molecule has 142 valence electrons. The topological polar surface area (TPSA) is 39.1 Å². The highest BCUT2D eigenvalue weighted by molar-refractivity contribution is 6.32. The molecule has 1 atom stereocenters. The molecule has 0 aromatic heterocycles. The Morgan fingerprint density at radius 3 is 2.54 bits per heavy atom. The lowest BCUT2D eigenvalue weighted by atomic mass is 9.92. The van der Waals surface area contributed by atoms with Gasteiger partial charge < -0.3 is 5.32 Å². The summed E-state index contributed by atoms with van der Waals surface area (Å²) in [6, 6.07) is 19.0. The van der Waals surface area contributed by atoms with Crippen LogP contribution in [0, 0.1) is 5.41 Å². The van der Waals surface area contributed by atoms with Crippen LogP contribution in [0.3, 0.4) is 0 Å². The summed E-state index contributed by atoms with van der Waals surface area (Å²) >= 11 is 6.30. The second-order valence-electron chi connectivity index (χ2n) is 7.17. The summed E-state index contributed by atoms with van der Waals surface area (Å²) in [4.78, 5) is 2.06. The first kappa shape index (κ1) is 18.6. The van der Waals surface area contributed by atoms with Gasteiger partial charge in [-0.05, 0) is 48.6 Å². The number of hydrogen-bond donors (Lipinski definition) is 2. The van der Waals surface area contributed by atoms with Crippen LogP contribution in [0.5, 0.6) is 0 Å². The molecule has 0 bridgehead atoms. The molecule has 0 saturated heterocycles. The Morgan fingerprint density at radius 1 is 1.07 bits per heavy atom. The van der Waals surface area contributed by atoms with Crippen LogP contribution in [-0.2, 0) is 0 Å². The molecule has 1 unspecified atom stereocenters. The summed E-state index contributed by atoms with van der Waals surface area (Å²) in [5.41, 5.74) is 6.86. The van der Waals surface area contributed by atoms with E-state index in [1.807, 2.05) is 19.1 Å². The van der Waals surface area contributed by atoms with E-state index in [2.05, 4.69) is 64.8 Å². The Morgan fingerprint density at radius 2 is 1.79 bits per heavy atom. The third-order valence-corrected chi connectivity index (χ3v) is 6.07. The molecule has 0 fully saturated rings. The number of rotatable bonds is 3. The summed E-state index contributed by atoms with van der Waals surface area (Å²) < 4.78 is 0. The quantitative estimate of drug-likeness (QED) is 0.383. The summed E-state index contributed by atoms with van der Waals surface area (Å²) in [6.07, 6.45) is 6.44. The minimum Gasteiger partial charge on any atom is -0.379 e. The van der Waals surface area contributed by atoms with E-state index in [4.69, 9.17) is 17.0 Å². The van der Waals surface area contributed by atoms with Crippen molar-refractivity contribution in [1.29, 1.82) is 5.41 Å². The number of hydrogen-bond acceptors (Lipinski definition) is 2. The molecule has 2 aromatic carbocycles. The van der Waals surface area contributed by atoms with Gasteiger partial charge in [0.2, 0.25) is 0 Å². The normalized spacial score (nSPS) is 19.0. The van der Waals surface area contributed by atoms with Gasteiger partial charge in [0.15, 0.2) is 0 Å². The molecule has 28 heavy (non-hydrogen) atoms. The summed E-state index contributed by atoms with van der Waals surface area (Å²) in [7, 11) is 1.78. The molecule has 0 spiro atoms. The van der Waals surface area contributed by atoms with Gasteiger partial charge in [0, 0.05) is 24.2 Å². The van der Waals surface area contributed by atoms with E-state index < -0.39 is 0 Å². The van der Waals surface area contributed by atoms with E-state index in [-0.39, 0.29) is 5.92 Å². The molecule has 1 aliphatic carbocycles. The molecule has 2 N–H and O–H groups in total. The van der Waals surface area contributed by atoms with Gasteiger partial charge in [-0.15, -0.1) is 0 Å². The van der Waals surface area contributed by atoms with Gasteiger partial charge in [0.1, 0.15) is 11.0 Å². The molecule has 0 saturated carbocycles. The predicted molar refractivity (Wildman–Crippen MR) is 119 cm³/mol. The first-order chi connectivity index (χ1) is 13.6. The highest BCUT2D eigenvalue weighted by atomic mass is 35.5. The minimum atomic E-state index is 0.287. The fraction of sp³-hybridized carbons (Fsp3) is 0.208. The maximum Gasteiger partial charge on any atom is 0.135 e. The largest absolute Gasteiger partial charge is 0.379 e. The van der Waals surface area contributed by atoms with Crippen molar-refractivity contribution >= 4 is 28.7 Å². The monoisotopic (exact) mass is 389 g/mol. The Balaban J connectivity index is 1.79. The summed E-state index contributed by atoms with van der Waals surface area (Å²) in [5.74, 6) is 0.701. The second kappa shape index (κ2) is 7.69. The third-order valence-electron chi connectivity index (χ3n) is 5.60. The first-order valence-corrected chi connectivity index (χ1v) is 9.98. The molecule has 4 rings (SSSR count). The number of benzene rings is 2. The number of nitrogens with zero attached hydrogens (tertiary/aromatic N) is 1. The standard InChI is InChI=1S/C24H24ClN3/c1-16(23(25)27-2)24(26)28-21-11-7-6-10-19(21)20-14-12-18(13-15-22(20)28)17-8-4-3-5-9-17/h3-11,13,15,20,26-27H,12,14H2,1-2H3/b23-16-,26-24?. The lowest BCUT2D eigenvalue weighted by molar-refractivity contribution is 0.744. The van der Waals surface area contributed by atoms with E-state index in [1.54, 1.807) is 7.05 Å². The second-order valence-corrected chi connectivity index (χ2v) is 7.55. The van der Waals surface area contributed by atoms with Crippen molar-refractivity contribution in [3.05, 3.63) is 94.3 Å². The van der Waals surface area contributed by atoms with Gasteiger partial charge in [-0.3, -0.25) is 10.3 Å². The average molecular weight is 390 g/mol. The number of allylic oxidation sites excluding steroid dienone is 4. The smallest absolute Gasteiger partial charge is 0.135 e. The third kappa shape index (κ3) is 3.16. The fourth-order valence-corrected chi connectivity index (χ4v) is 4.19. The van der Waals surface area contributed by atoms with Crippen LogP contribution in [0.25, 0.3) is 5.57 Å². The zero-order valence-electron chi connectivity index (χ0n) is 16.2. The van der Waals surface area contributed by atoms with Crippen LogP contribution >= 0.6 is 11.6 Å². The predicted octanol–water partition coefficient (Wildman–Crippen LogP) is 6.02. The van der Waals surface area contributed by atoms with Gasteiger partial charge in [0.25, 0.3) is 0 Å². The number of fused-ring (bicyclic) bond motifs is 3. The Bertz CT molecular complexity index is 1000. The number of para-hydroxylation sites is 1. The molecule has 2 aromatic rings. The zero-order valence-corrected chi connectivity index (χ0v) is 16.9. The number of amidine groups is 1. The van der Waals surface area contributed by atoms with Gasteiger partial charge in [0.05, 0.1) is 5.69 Å². The van der Waals surface area contributed by atoms with E-state index >= 15 is 0 Å². The van der Waals surface area contributed by atoms with E-state index in [0.717, 1.165) is 29.8 Å². The highest BCUT2D eigenvalue weighted by Gasteiger charge is 2.36. The number of halogens is 1. The van der Waals surface area contributed by atoms with E-state index in [1.165, 1.54) is 16.7 Å². The van der Waals surface area contributed by atoms with E-state index in [0.29, 0.717) is 11.0 Å². The molecule has 0 amide bonds. The van der Waals surface area contributed by atoms with Crippen molar-refractivity contribution in [2.75, 3.05) is 11.9 Å². The summed E-state index contributed by atoms with van der Waals surface area (Å²) in [6.45, 7) is 1.89.